The number of aromatic nitrogens is 1. The first kappa shape index (κ1) is 19.1. The Hall–Kier alpha value is -1.63. The molecule has 0 spiro atoms. The Morgan fingerprint density at radius 3 is 2.81 bits per heavy atom. The number of carbonyl (C=O) groups is 1. The van der Waals surface area contributed by atoms with E-state index < -0.39 is 0 Å². The maximum absolute atomic E-state index is 12.4. The van der Waals surface area contributed by atoms with Gasteiger partial charge in [0.05, 0.1) is 5.02 Å². The number of anilines is 1. The zero-order chi connectivity index (χ0) is 18.4. The Morgan fingerprint density at radius 1 is 1.31 bits per heavy atom. The van der Waals surface area contributed by atoms with Gasteiger partial charge in [0.15, 0.2) is 0 Å². The van der Waals surface area contributed by atoms with Crippen LogP contribution in [0.4, 0.5) is 5.82 Å². The van der Waals surface area contributed by atoms with E-state index in [2.05, 4.69) is 31.1 Å². The molecule has 7 heteroatoms. The van der Waals surface area contributed by atoms with E-state index in [4.69, 9.17) is 16.3 Å². The van der Waals surface area contributed by atoms with Crippen molar-refractivity contribution in [1.29, 1.82) is 0 Å². The zero-order valence-electron chi connectivity index (χ0n) is 14.3. The number of hydrogen-bond acceptors (Lipinski definition) is 4. The fourth-order valence-electron chi connectivity index (χ4n) is 2.95. The van der Waals surface area contributed by atoms with E-state index in [0.717, 1.165) is 42.7 Å². The van der Waals surface area contributed by atoms with Crippen LogP contribution in [0.5, 0.6) is 5.75 Å². The summed E-state index contributed by atoms with van der Waals surface area (Å²) in [5, 5.41) is 3.42. The van der Waals surface area contributed by atoms with E-state index in [0.29, 0.717) is 17.4 Å². The second kappa shape index (κ2) is 9.35. The Morgan fingerprint density at radius 2 is 2.12 bits per heavy atom. The van der Waals surface area contributed by atoms with Crippen molar-refractivity contribution in [3.05, 3.63) is 52.1 Å². The standard InChI is InChI=1S/C19H21BrClN3O2/c20-15-2-1-3-17(12-15)26-11-10-24-8-6-14(7-9-24)19(25)23-18-5-4-16(21)13-22-18/h1-5,12-14H,6-11H2,(H,22,23,25). The average Bonchev–Trinajstić information content (AvgIpc) is 2.64. The molecule has 2 aromatic rings. The molecule has 0 aliphatic carbocycles. The Kier molecular flexibility index (Phi) is 6.88. The fraction of sp³-hybridized carbons (Fsp3) is 0.368. The van der Waals surface area contributed by atoms with Crippen LogP contribution in [0.3, 0.4) is 0 Å². The summed E-state index contributed by atoms with van der Waals surface area (Å²) >= 11 is 9.25. The highest BCUT2D eigenvalue weighted by molar-refractivity contribution is 9.10. The summed E-state index contributed by atoms with van der Waals surface area (Å²) in [6, 6.07) is 11.3. The molecule has 1 amide bonds. The Bertz CT molecular complexity index is 734. The third-order valence-electron chi connectivity index (χ3n) is 4.41. The van der Waals surface area contributed by atoms with Gasteiger partial charge in [-0.05, 0) is 56.3 Å². The topological polar surface area (TPSA) is 54.5 Å². The largest absolute Gasteiger partial charge is 0.492 e. The van der Waals surface area contributed by atoms with E-state index in [1.54, 1.807) is 12.1 Å². The molecule has 1 fully saturated rings. The lowest BCUT2D eigenvalue weighted by molar-refractivity contribution is -0.121. The van der Waals surface area contributed by atoms with Crippen molar-refractivity contribution < 1.29 is 9.53 Å². The lowest BCUT2D eigenvalue weighted by atomic mass is 9.96. The summed E-state index contributed by atoms with van der Waals surface area (Å²) in [5.41, 5.74) is 0. The monoisotopic (exact) mass is 437 g/mol. The molecule has 1 aromatic heterocycles. The molecule has 138 valence electrons. The lowest BCUT2D eigenvalue weighted by Crippen LogP contribution is -2.40. The molecule has 0 radical (unpaired) electrons. The number of rotatable bonds is 6. The second-order valence-electron chi connectivity index (χ2n) is 6.27. The number of hydrogen-bond donors (Lipinski definition) is 1. The van der Waals surface area contributed by atoms with Gasteiger partial charge in [-0.3, -0.25) is 9.69 Å². The van der Waals surface area contributed by atoms with Gasteiger partial charge in [0.2, 0.25) is 5.91 Å². The van der Waals surface area contributed by atoms with Crippen LogP contribution in [-0.2, 0) is 4.79 Å². The average molecular weight is 439 g/mol. The first-order chi connectivity index (χ1) is 12.6. The molecule has 1 N–H and O–H groups in total. The van der Waals surface area contributed by atoms with Gasteiger partial charge in [0.1, 0.15) is 18.2 Å². The van der Waals surface area contributed by atoms with Crippen molar-refractivity contribution in [2.24, 2.45) is 5.92 Å². The lowest BCUT2D eigenvalue weighted by Gasteiger charge is -2.31. The van der Waals surface area contributed by atoms with Gasteiger partial charge in [-0.15, -0.1) is 0 Å². The van der Waals surface area contributed by atoms with Gasteiger partial charge in [-0.25, -0.2) is 4.98 Å². The molecular weight excluding hydrogens is 418 g/mol. The number of pyridine rings is 1. The molecule has 0 atom stereocenters. The molecule has 26 heavy (non-hydrogen) atoms. The minimum absolute atomic E-state index is 0.0229. The normalized spacial score (nSPS) is 15.6. The van der Waals surface area contributed by atoms with Gasteiger partial charge >= 0.3 is 0 Å². The minimum Gasteiger partial charge on any atom is -0.492 e. The minimum atomic E-state index is 0.0229. The number of halogens is 2. The number of amides is 1. The van der Waals surface area contributed by atoms with E-state index >= 15 is 0 Å². The highest BCUT2D eigenvalue weighted by Crippen LogP contribution is 2.20. The summed E-state index contributed by atoms with van der Waals surface area (Å²) < 4.78 is 6.79. The van der Waals surface area contributed by atoms with Crippen molar-refractivity contribution in [3.8, 4) is 5.75 Å². The molecule has 1 aromatic carbocycles. The third kappa shape index (κ3) is 5.69. The molecule has 1 aliphatic heterocycles. The Balaban J connectivity index is 1.38. The van der Waals surface area contributed by atoms with E-state index in [1.807, 2.05) is 24.3 Å². The van der Waals surface area contributed by atoms with Crippen molar-refractivity contribution >= 4 is 39.3 Å². The predicted molar refractivity (Wildman–Crippen MR) is 107 cm³/mol. The molecule has 2 heterocycles. The van der Waals surface area contributed by atoms with Crippen molar-refractivity contribution in [1.82, 2.24) is 9.88 Å². The van der Waals surface area contributed by atoms with Crippen LogP contribution in [-0.4, -0.2) is 42.0 Å². The number of nitrogens with zero attached hydrogens (tertiary/aromatic N) is 2. The molecule has 1 aliphatic rings. The van der Waals surface area contributed by atoms with Gasteiger partial charge in [-0.1, -0.05) is 33.6 Å². The molecule has 5 nitrogen and oxygen atoms in total. The summed E-state index contributed by atoms with van der Waals surface area (Å²) in [7, 11) is 0. The smallest absolute Gasteiger partial charge is 0.228 e. The summed E-state index contributed by atoms with van der Waals surface area (Å²) in [6.07, 6.45) is 3.22. The number of piperidine rings is 1. The maximum Gasteiger partial charge on any atom is 0.228 e. The molecule has 0 unspecified atom stereocenters. The number of benzene rings is 1. The molecule has 1 saturated heterocycles. The summed E-state index contributed by atoms with van der Waals surface area (Å²) in [6.45, 7) is 3.30. The van der Waals surface area contributed by atoms with Gasteiger partial charge in [0, 0.05) is 23.1 Å². The van der Waals surface area contributed by atoms with Crippen molar-refractivity contribution in [3.63, 3.8) is 0 Å². The summed E-state index contributed by atoms with van der Waals surface area (Å²) in [5.74, 6) is 1.47. The van der Waals surface area contributed by atoms with Crippen molar-refractivity contribution in [2.75, 3.05) is 31.6 Å². The van der Waals surface area contributed by atoms with Crippen LogP contribution in [0.25, 0.3) is 0 Å². The fourth-order valence-corrected chi connectivity index (χ4v) is 3.44. The highest BCUT2D eigenvalue weighted by Gasteiger charge is 2.25. The predicted octanol–water partition coefficient (Wildman–Crippen LogP) is 4.23. The molecular formula is C19H21BrClN3O2. The second-order valence-corrected chi connectivity index (χ2v) is 7.62. The van der Waals surface area contributed by atoms with E-state index in [9.17, 15) is 4.79 Å². The SMILES string of the molecule is O=C(Nc1ccc(Cl)cn1)C1CCN(CCOc2cccc(Br)c2)CC1. The first-order valence-corrected chi connectivity index (χ1v) is 9.80. The van der Waals surface area contributed by atoms with Crippen LogP contribution in [0, 0.1) is 5.92 Å². The number of likely N-dealkylation sites (tertiary alicyclic amines) is 1. The summed E-state index contributed by atoms with van der Waals surface area (Å²) in [4.78, 5) is 18.8. The van der Waals surface area contributed by atoms with Crippen LogP contribution < -0.4 is 10.1 Å². The van der Waals surface area contributed by atoms with Crippen molar-refractivity contribution in [2.45, 2.75) is 12.8 Å². The number of carbonyl (C=O) groups excluding carboxylic acids is 1. The molecule has 0 saturated carbocycles. The van der Waals surface area contributed by atoms with Gasteiger partial charge in [0.25, 0.3) is 0 Å². The zero-order valence-corrected chi connectivity index (χ0v) is 16.7. The molecule has 3 rings (SSSR count). The van der Waals surface area contributed by atoms with E-state index in [-0.39, 0.29) is 11.8 Å². The van der Waals surface area contributed by atoms with E-state index in [1.165, 1.54) is 6.20 Å². The Labute approximate surface area is 166 Å². The van der Waals surface area contributed by atoms with Gasteiger partial charge < -0.3 is 10.1 Å². The highest BCUT2D eigenvalue weighted by atomic mass is 79.9. The first-order valence-electron chi connectivity index (χ1n) is 8.63. The third-order valence-corrected chi connectivity index (χ3v) is 5.13. The van der Waals surface area contributed by atoms with Crippen LogP contribution in [0.15, 0.2) is 47.1 Å². The van der Waals surface area contributed by atoms with Gasteiger partial charge in [-0.2, -0.15) is 0 Å². The van der Waals surface area contributed by atoms with Crippen LogP contribution >= 0.6 is 27.5 Å². The molecule has 0 bridgehead atoms. The van der Waals surface area contributed by atoms with Crippen LogP contribution in [0.2, 0.25) is 5.02 Å². The quantitative estimate of drug-likeness (QED) is 0.733. The number of nitrogens with one attached hydrogen (secondary N) is 1. The number of ether oxygens (including phenoxy) is 1. The maximum atomic E-state index is 12.4. The van der Waals surface area contributed by atoms with Crippen LogP contribution in [0.1, 0.15) is 12.8 Å².